The molecule has 0 N–H and O–H groups in total. The summed E-state index contributed by atoms with van der Waals surface area (Å²) in [5, 5.41) is 0.243. The van der Waals surface area contributed by atoms with Crippen molar-refractivity contribution in [2.24, 2.45) is 0 Å². The van der Waals surface area contributed by atoms with Crippen LogP contribution in [0.1, 0.15) is 32.6 Å². The number of ketones is 1. The van der Waals surface area contributed by atoms with Crippen LogP contribution in [0, 0.1) is 6.92 Å². The second-order valence-corrected chi connectivity index (χ2v) is 8.68. The van der Waals surface area contributed by atoms with Crippen LogP contribution in [0.5, 0.6) is 5.75 Å². The molecule has 0 saturated carbocycles. The van der Waals surface area contributed by atoms with Crippen molar-refractivity contribution in [3.05, 3.63) is 131 Å². The van der Waals surface area contributed by atoms with Gasteiger partial charge < -0.3 is 4.74 Å². The maximum Gasteiger partial charge on any atom is 0.418 e. The van der Waals surface area contributed by atoms with Gasteiger partial charge in [-0.1, -0.05) is 78.9 Å². The van der Waals surface area contributed by atoms with Gasteiger partial charge >= 0.3 is 6.18 Å². The van der Waals surface area contributed by atoms with Crippen molar-refractivity contribution in [1.29, 1.82) is 0 Å². The number of aryl methyl sites for hydroxylation is 1. The van der Waals surface area contributed by atoms with Crippen LogP contribution in [0.2, 0.25) is 0 Å². The lowest BCUT2D eigenvalue weighted by atomic mass is 9.91. The van der Waals surface area contributed by atoms with Crippen molar-refractivity contribution in [1.82, 2.24) is 4.98 Å². The Hall–Kier alpha value is -4.45. The highest BCUT2D eigenvalue weighted by Crippen LogP contribution is 2.39. The zero-order chi connectivity index (χ0) is 26.0. The van der Waals surface area contributed by atoms with E-state index in [1.165, 1.54) is 12.3 Å². The summed E-state index contributed by atoms with van der Waals surface area (Å²) >= 11 is 0. The van der Waals surface area contributed by atoms with Gasteiger partial charge in [0, 0.05) is 28.3 Å². The third-order valence-electron chi connectivity index (χ3n) is 6.26. The van der Waals surface area contributed by atoms with Crippen molar-refractivity contribution < 1.29 is 22.7 Å². The molecule has 6 heteroatoms. The number of rotatable bonds is 6. The van der Waals surface area contributed by atoms with Crippen molar-refractivity contribution in [3.8, 4) is 16.9 Å². The molecule has 0 atom stereocenters. The third kappa shape index (κ3) is 4.96. The zero-order valence-corrected chi connectivity index (χ0v) is 19.9. The fraction of sp³-hybridized carbons (Fsp3) is 0.0968. The molecule has 0 aliphatic rings. The van der Waals surface area contributed by atoms with Gasteiger partial charge in [0.05, 0.1) is 11.1 Å². The number of fused-ring (bicyclic) bond motifs is 1. The predicted molar refractivity (Wildman–Crippen MR) is 138 cm³/mol. The molecule has 37 heavy (non-hydrogen) atoms. The van der Waals surface area contributed by atoms with Gasteiger partial charge in [0.1, 0.15) is 12.4 Å². The lowest BCUT2D eigenvalue weighted by Crippen LogP contribution is -2.09. The van der Waals surface area contributed by atoms with Crippen molar-refractivity contribution >= 4 is 16.7 Å². The number of halogens is 3. The van der Waals surface area contributed by atoms with E-state index in [-0.39, 0.29) is 22.2 Å². The molecule has 5 aromatic rings. The van der Waals surface area contributed by atoms with Crippen molar-refractivity contribution in [2.75, 3.05) is 0 Å². The minimum absolute atomic E-state index is 0.208. The van der Waals surface area contributed by atoms with Crippen LogP contribution in [-0.4, -0.2) is 10.8 Å². The minimum atomic E-state index is -4.59. The van der Waals surface area contributed by atoms with Crippen LogP contribution >= 0.6 is 0 Å². The molecule has 0 radical (unpaired) electrons. The normalized spacial score (nSPS) is 11.5. The molecule has 1 heterocycles. The quantitative estimate of drug-likeness (QED) is 0.223. The lowest BCUT2D eigenvalue weighted by Gasteiger charge is -2.16. The van der Waals surface area contributed by atoms with E-state index in [0.717, 1.165) is 17.2 Å². The van der Waals surface area contributed by atoms with E-state index in [0.29, 0.717) is 29.0 Å². The topological polar surface area (TPSA) is 39.2 Å². The Kier molecular flexibility index (Phi) is 6.49. The van der Waals surface area contributed by atoms with Crippen LogP contribution in [-0.2, 0) is 12.8 Å². The molecule has 1 aromatic heterocycles. The number of hydrogen-bond acceptors (Lipinski definition) is 3. The fourth-order valence-corrected chi connectivity index (χ4v) is 4.35. The smallest absolute Gasteiger partial charge is 0.418 e. The number of pyridine rings is 1. The third-order valence-corrected chi connectivity index (χ3v) is 6.26. The minimum Gasteiger partial charge on any atom is -0.489 e. The van der Waals surface area contributed by atoms with Gasteiger partial charge in [-0.25, -0.2) is 0 Å². The van der Waals surface area contributed by atoms with E-state index in [1.54, 1.807) is 60.7 Å². The van der Waals surface area contributed by atoms with Crippen molar-refractivity contribution in [3.63, 3.8) is 0 Å². The molecule has 3 nitrogen and oxygen atoms in total. The first-order chi connectivity index (χ1) is 17.8. The number of aromatic nitrogens is 1. The van der Waals surface area contributed by atoms with Gasteiger partial charge in [-0.05, 0) is 41.8 Å². The highest BCUT2D eigenvalue weighted by Gasteiger charge is 2.34. The predicted octanol–water partition coefficient (Wildman–Crippen LogP) is 8.04. The number of carbonyl (C=O) groups excluding carboxylic acids is 1. The number of carbonyl (C=O) groups is 1. The second-order valence-electron chi connectivity index (χ2n) is 8.68. The second kappa shape index (κ2) is 9.90. The summed E-state index contributed by atoms with van der Waals surface area (Å²) in [5.74, 6) is 0.212. The van der Waals surface area contributed by atoms with Gasteiger partial charge in [-0.15, -0.1) is 0 Å². The van der Waals surface area contributed by atoms with E-state index < -0.39 is 11.7 Å². The Labute approximate surface area is 212 Å². The summed E-state index contributed by atoms with van der Waals surface area (Å²) in [5.41, 5.74) is 2.64. The highest BCUT2D eigenvalue weighted by molar-refractivity contribution is 6.16. The molecule has 0 unspecified atom stereocenters. The van der Waals surface area contributed by atoms with Gasteiger partial charge in [0.2, 0.25) is 0 Å². The molecule has 0 saturated heterocycles. The summed E-state index contributed by atoms with van der Waals surface area (Å²) < 4.78 is 47.5. The van der Waals surface area contributed by atoms with Gasteiger partial charge in [0.25, 0.3) is 0 Å². The van der Waals surface area contributed by atoms with E-state index >= 15 is 0 Å². The van der Waals surface area contributed by atoms with Gasteiger partial charge in [-0.3, -0.25) is 9.78 Å². The highest BCUT2D eigenvalue weighted by atomic mass is 19.4. The summed E-state index contributed by atoms with van der Waals surface area (Å²) in [6.07, 6.45) is -3.35. The molecule has 0 amide bonds. The number of nitrogens with zero attached hydrogens (tertiary/aromatic N) is 1. The average molecular weight is 498 g/mol. The summed E-state index contributed by atoms with van der Waals surface area (Å²) in [7, 11) is 0. The lowest BCUT2D eigenvalue weighted by molar-refractivity contribution is -0.136. The first-order valence-corrected chi connectivity index (χ1v) is 11.7. The van der Waals surface area contributed by atoms with Crippen LogP contribution < -0.4 is 4.74 Å². The van der Waals surface area contributed by atoms with E-state index in [9.17, 15) is 18.0 Å². The van der Waals surface area contributed by atoms with E-state index in [1.807, 2.05) is 31.2 Å². The first-order valence-electron chi connectivity index (χ1n) is 11.7. The number of para-hydroxylation sites is 1. The van der Waals surface area contributed by atoms with E-state index in [2.05, 4.69) is 4.98 Å². The van der Waals surface area contributed by atoms with Gasteiger partial charge in [0.15, 0.2) is 5.78 Å². The Morgan fingerprint density at radius 2 is 1.59 bits per heavy atom. The summed E-state index contributed by atoms with van der Waals surface area (Å²) in [6, 6.07) is 27.4. The molecule has 4 aromatic carbocycles. The molecule has 184 valence electrons. The number of alkyl halides is 3. The Morgan fingerprint density at radius 3 is 2.35 bits per heavy atom. The average Bonchev–Trinajstić information content (AvgIpc) is 2.91. The monoisotopic (exact) mass is 497 g/mol. The molecular weight excluding hydrogens is 475 g/mol. The molecule has 0 spiro atoms. The first kappa shape index (κ1) is 24.3. The molecule has 5 rings (SSSR count). The molecule has 0 aliphatic carbocycles. The summed E-state index contributed by atoms with van der Waals surface area (Å²) in [4.78, 5) is 17.6. The Morgan fingerprint density at radius 1 is 0.865 bits per heavy atom. The maximum atomic E-state index is 13.8. The number of benzene rings is 4. The molecular formula is C31H22F3NO2. The molecule has 0 bridgehead atoms. The Balaban J connectivity index is 1.66. The van der Waals surface area contributed by atoms with Crippen LogP contribution in [0.15, 0.2) is 103 Å². The van der Waals surface area contributed by atoms with Crippen LogP contribution in [0.4, 0.5) is 13.2 Å². The van der Waals surface area contributed by atoms with E-state index in [4.69, 9.17) is 4.74 Å². The summed E-state index contributed by atoms with van der Waals surface area (Å²) in [6.45, 7) is 2.33. The maximum absolute atomic E-state index is 13.8. The number of hydrogen-bond donors (Lipinski definition) is 0. The molecule has 0 aliphatic heterocycles. The largest absolute Gasteiger partial charge is 0.489 e. The van der Waals surface area contributed by atoms with Crippen LogP contribution in [0.3, 0.4) is 0 Å². The Bertz CT molecular complexity index is 1590. The standard InChI is InChI=1S/C31H22F3NO2/c1-20-9-5-6-12-23(20)19-37-24-14-7-13-22(17-24)28-25-15-8-16-27(31(32,33)34)29(25)35-18-26(28)30(36)21-10-3-2-4-11-21/h2-18H,19H2,1H3. The zero-order valence-electron chi connectivity index (χ0n) is 19.9. The van der Waals surface area contributed by atoms with Crippen molar-refractivity contribution in [2.45, 2.75) is 19.7 Å². The molecule has 0 fully saturated rings. The fourth-order valence-electron chi connectivity index (χ4n) is 4.35. The number of ether oxygens (including phenoxy) is 1. The van der Waals surface area contributed by atoms with Crippen LogP contribution in [0.25, 0.3) is 22.0 Å². The van der Waals surface area contributed by atoms with Gasteiger partial charge in [-0.2, -0.15) is 13.2 Å². The SMILES string of the molecule is Cc1ccccc1COc1cccc(-c2c(C(=O)c3ccccc3)cnc3c(C(F)(F)F)cccc23)c1.